The second-order valence-corrected chi connectivity index (χ2v) is 11.2. The Kier molecular flexibility index (Phi) is 7.69. The lowest BCUT2D eigenvalue weighted by Crippen LogP contribution is -2.31. The molecule has 0 radical (unpaired) electrons. The summed E-state index contributed by atoms with van der Waals surface area (Å²) in [6.45, 7) is 3.34. The van der Waals surface area contributed by atoms with E-state index >= 15 is 0 Å². The van der Waals surface area contributed by atoms with Gasteiger partial charge in [-0.05, 0) is 61.9 Å². The number of ether oxygens (including phenoxy) is 1. The van der Waals surface area contributed by atoms with Gasteiger partial charge in [0.25, 0.3) is 10.0 Å². The number of nitrogens with zero attached hydrogens (tertiary/aromatic N) is 3. The van der Waals surface area contributed by atoms with Crippen molar-refractivity contribution in [1.82, 2.24) is 19.3 Å². The maximum absolute atomic E-state index is 13.6. The van der Waals surface area contributed by atoms with Gasteiger partial charge in [0.1, 0.15) is 5.69 Å². The van der Waals surface area contributed by atoms with Gasteiger partial charge in [-0.1, -0.05) is 47.5 Å². The molecular weight excluding hydrogens is 593 g/mol. The van der Waals surface area contributed by atoms with Crippen LogP contribution in [0.15, 0.2) is 83.9 Å². The van der Waals surface area contributed by atoms with Crippen LogP contribution in [-0.2, 0) is 20.9 Å². The molecule has 0 atom stereocenters. The van der Waals surface area contributed by atoms with E-state index in [-0.39, 0.29) is 22.8 Å². The van der Waals surface area contributed by atoms with Gasteiger partial charge in [-0.15, -0.1) is 0 Å². The number of pyridine rings is 1. The highest BCUT2D eigenvalue weighted by Gasteiger charge is 2.34. The van der Waals surface area contributed by atoms with Gasteiger partial charge < -0.3 is 4.74 Å². The van der Waals surface area contributed by atoms with Gasteiger partial charge in [0.2, 0.25) is 0 Å². The van der Waals surface area contributed by atoms with Crippen LogP contribution in [0.1, 0.15) is 18.1 Å². The van der Waals surface area contributed by atoms with Gasteiger partial charge in [0.15, 0.2) is 5.82 Å². The van der Waals surface area contributed by atoms with Crippen molar-refractivity contribution in [2.24, 2.45) is 0 Å². The Bertz CT molecular complexity index is 1910. The van der Waals surface area contributed by atoms with Gasteiger partial charge >= 0.3 is 12.3 Å². The van der Waals surface area contributed by atoms with Crippen LogP contribution in [-0.4, -0.2) is 35.7 Å². The fourth-order valence-corrected chi connectivity index (χ4v) is 5.83. The smallest absolute Gasteiger partial charge is 0.421 e. The predicted molar refractivity (Wildman–Crippen MR) is 152 cm³/mol. The zero-order valence-corrected chi connectivity index (χ0v) is 23.7. The van der Waals surface area contributed by atoms with Gasteiger partial charge in [0, 0.05) is 17.4 Å². The second-order valence-electron chi connectivity index (χ2n) is 9.18. The van der Waals surface area contributed by atoms with Crippen molar-refractivity contribution in [3.63, 3.8) is 0 Å². The molecule has 0 spiro atoms. The van der Waals surface area contributed by atoms with E-state index in [4.69, 9.17) is 16.3 Å². The number of hydrogen-bond donors (Lipinski definition) is 1. The van der Waals surface area contributed by atoms with Crippen LogP contribution in [0.3, 0.4) is 0 Å². The Morgan fingerprint density at radius 1 is 1.05 bits per heavy atom. The van der Waals surface area contributed by atoms with Crippen molar-refractivity contribution in [2.75, 3.05) is 6.61 Å². The van der Waals surface area contributed by atoms with Crippen molar-refractivity contribution < 1.29 is 31.1 Å². The third kappa shape index (κ3) is 5.68. The third-order valence-corrected chi connectivity index (χ3v) is 7.98. The first-order valence-electron chi connectivity index (χ1n) is 12.5. The molecule has 0 aliphatic rings. The molecule has 1 amide bonds. The minimum atomic E-state index is -4.67. The molecule has 0 unspecified atom stereocenters. The maximum atomic E-state index is 13.6. The van der Waals surface area contributed by atoms with Gasteiger partial charge in [0.05, 0.1) is 33.1 Å². The number of carbonyl (C=O) groups is 1. The largest absolute Gasteiger partial charge is 0.449 e. The Balaban J connectivity index is 1.65. The molecule has 0 bridgehead atoms. The van der Waals surface area contributed by atoms with E-state index in [1.165, 1.54) is 12.1 Å². The zero-order chi connectivity index (χ0) is 30.2. The first-order chi connectivity index (χ1) is 19.9. The number of aromatic nitrogens is 3. The number of aryl methyl sites for hydroxylation is 1. The highest BCUT2D eigenvalue weighted by atomic mass is 35.5. The molecule has 42 heavy (non-hydrogen) atoms. The summed E-state index contributed by atoms with van der Waals surface area (Å²) in [5, 5.41) is -0.482. The zero-order valence-electron chi connectivity index (χ0n) is 22.1. The molecular formula is C29H22ClF3N4O4S. The molecule has 0 saturated carbocycles. The van der Waals surface area contributed by atoms with Crippen LogP contribution < -0.4 is 4.72 Å². The Morgan fingerprint density at radius 3 is 2.43 bits per heavy atom. The topological polar surface area (TPSA) is 103 Å². The molecule has 3 aromatic carbocycles. The monoisotopic (exact) mass is 614 g/mol. The van der Waals surface area contributed by atoms with E-state index in [0.29, 0.717) is 28.0 Å². The molecule has 8 nitrogen and oxygen atoms in total. The summed E-state index contributed by atoms with van der Waals surface area (Å²) in [5.74, 6) is 0.284. The van der Waals surface area contributed by atoms with Crippen LogP contribution in [0.2, 0.25) is 5.02 Å². The molecule has 216 valence electrons. The molecule has 1 N–H and O–H groups in total. The standard InChI is InChI=1S/C29H22ClF3N4O4S/c1-3-41-28(38)36-42(39,40)26-12-7-17(2)14-20(26)18-8-10-19(11-9-18)37-25-16-22(30)21(29(31,32)33)15-24(25)35-27(37)23-6-4-5-13-34-23/h4-16H,3H2,1-2H3,(H,36,38). The molecule has 5 aromatic rings. The van der Waals surface area contributed by atoms with Crippen LogP contribution in [0.25, 0.3) is 39.4 Å². The molecule has 5 rings (SSSR count). The average molecular weight is 615 g/mol. The van der Waals surface area contributed by atoms with Gasteiger partial charge in [-0.3, -0.25) is 9.55 Å². The highest BCUT2D eigenvalue weighted by Crippen LogP contribution is 2.39. The van der Waals surface area contributed by atoms with E-state index in [0.717, 1.165) is 11.6 Å². The Labute approximate surface area is 243 Å². The van der Waals surface area contributed by atoms with Crippen molar-refractivity contribution in [3.8, 4) is 28.3 Å². The Hall–Kier alpha value is -4.42. The average Bonchev–Trinajstić information content (AvgIpc) is 3.30. The number of halogens is 4. The van der Waals surface area contributed by atoms with Crippen LogP contribution in [0.5, 0.6) is 0 Å². The van der Waals surface area contributed by atoms with E-state index < -0.39 is 32.9 Å². The van der Waals surface area contributed by atoms with Crippen molar-refractivity contribution in [2.45, 2.75) is 24.9 Å². The quantitative estimate of drug-likeness (QED) is 0.217. The fourth-order valence-electron chi connectivity index (χ4n) is 4.46. The van der Waals surface area contributed by atoms with E-state index in [9.17, 15) is 26.4 Å². The first kappa shape index (κ1) is 29.1. The van der Waals surface area contributed by atoms with Crippen LogP contribution in [0, 0.1) is 6.92 Å². The first-order valence-corrected chi connectivity index (χ1v) is 14.4. The van der Waals surface area contributed by atoms with Crippen molar-refractivity contribution in [1.29, 1.82) is 0 Å². The summed E-state index contributed by atoms with van der Waals surface area (Å²) in [5.41, 5.74) is 1.92. The number of fused-ring (bicyclic) bond motifs is 1. The van der Waals surface area contributed by atoms with Gasteiger partial charge in [-0.2, -0.15) is 13.2 Å². The van der Waals surface area contributed by atoms with Crippen LogP contribution in [0.4, 0.5) is 18.0 Å². The number of nitrogens with one attached hydrogen (secondary N) is 1. The summed E-state index contributed by atoms with van der Waals surface area (Å²) in [6, 6.07) is 18.5. The number of sulfonamides is 1. The number of amides is 1. The summed E-state index contributed by atoms with van der Waals surface area (Å²) in [7, 11) is -4.28. The van der Waals surface area contributed by atoms with Crippen molar-refractivity contribution >= 4 is 38.8 Å². The van der Waals surface area contributed by atoms with Crippen LogP contribution >= 0.6 is 11.6 Å². The lowest BCUT2D eigenvalue weighted by Gasteiger charge is -2.14. The summed E-state index contributed by atoms with van der Waals surface area (Å²) < 4.78 is 75.1. The fraction of sp³-hybridized carbons (Fsp3) is 0.138. The lowest BCUT2D eigenvalue weighted by atomic mass is 10.0. The maximum Gasteiger partial charge on any atom is 0.421 e. The molecule has 0 aliphatic heterocycles. The summed E-state index contributed by atoms with van der Waals surface area (Å²) >= 11 is 6.07. The lowest BCUT2D eigenvalue weighted by molar-refractivity contribution is -0.137. The summed E-state index contributed by atoms with van der Waals surface area (Å²) in [4.78, 5) is 20.5. The highest BCUT2D eigenvalue weighted by molar-refractivity contribution is 7.90. The van der Waals surface area contributed by atoms with Gasteiger partial charge in [-0.25, -0.2) is 22.9 Å². The normalized spacial score (nSPS) is 12.0. The molecule has 13 heteroatoms. The predicted octanol–water partition coefficient (Wildman–Crippen LogP) is 7.17. The van der Waals surface area contributed by atoms with E-state index in [1.54, 1.807) is 79.2 Å². The molecule has 0 saturated heterocycles. The third-order valence-electron chi connectivity index (χ3n) is 6.30. The molecule has 0 fully saturated rings. The minimum Gasteiger partial charge on any atom is -0.449 e. The number of rotatable bonds is 6. The Morgan fingerprint density at radius 2 is 1.79 bits per heavy atom. The number of alkyl halides is 3. The van der Waals surface area contributed by atoms with E-state index in [1.807, 2.05) is 4.72 Å². The number of benzene rings is 3. The number of hydrogen-bond acceptors (Lipinski definition) is 6. The van der Waals surface area contributed by atoms with E-state index in [2.05, 4.69) is 9.97 Å². The van der Waals surface area contributed by atoms with Crippen molar-refractivity contribution in [3.05, 3.63) is 95.1 Å². The number of imidazole rings is 1. The number of carbonyl (C=O) groups excluding carboxylic acids is 1. The second kappa shape index (κ2) is 11.1. The molecule has 0 aliphatic carbocycles. The SMILES string of the molecule is CCOC(=O)NS(=O)(=O)c1ccc(C)cc1-c1ccc(-n2c(-c3ccccn3)nc3cc(C(F)(F)F)c(Cl)cc32)cc1. The molecule has 2 aromatic heterocycles. The minimum absolute atomic E-state index is 0.00424. The molecule has 2 heterocycles. The summed E-state index contributed by atoms with van der Waals surface area (Å²) in [6.07, 6.45) is -4.23.